The number of para-hydroxylation sites is 1. The summed E-state index contributed by atoms with van der Waals surface area (Å²) in [6.07, 6.45) is 1.74. The fourth-order valence-electron chi connectivity index (χ4n) is 2.72. The molecule has 5 nitrogen and oxygen atoms in total. The number of rotatable bonds is 3. The molecule has 5 heteroatoms. The highest BCUT2D eigenvalue weighted by atomic mass is 16.5. The average molecular weight is 260 g/mol. The van der Waals surface area contributed by atoms with Crippen molar-refractivity contribution in [1.82, 2.24) is 9.55 Å². The molecule has 1 N–H and O–H groups in total. The topological polar surface area (TPSA) is 64.3 Å². The second-order valence-corrected chi connectivity index (χ2v) is 4.75. The highest BCUT2D eigenvalue weighted by Gasteiger charge is 2.24. The molecule has 2 heterocycles. The zero-order valence-corrected chi connectivity index (χ0v) is 10.8. The van der Waals surface area contributed by atoms with Crippen LogP contribution < -0.4 is 0 Å². The Hall–Kier alpha value is -1.88. The van der Waals surface area contributed by atoms with Gasteiger partial charge in [0.2, 0.25) is 0 Å². The van der Waals surface area contributed by atoms with E-state index in [1.807, 2.05) is 13.0 Å². The smallest absolute Gasteiger partial charge is 0.337 e. The van der Waals surface area contributed by atoms with E-state index in [1.165, 1.54) is 0 Å². The van der Waals surface area contributed by atoms with Crippen LogP contribution in [0, 0.1) is 0 Å². The molecule has 19 heavy (non-hydrogen) atoms. The summed E-state index contributed by atoms with van der Waals surface area (Å²) in [5.41, 5.74) is 1.75. The molecule has 0 aliphatic carbocycles. The SMILES string of the molecule is CCc1nc2c(C(=O)O)cccc2n1C1CCOC1. The molecule has 3 rings (SSSR count). The van der Waals surface area contributed by atoms with Gasteiger partial charge in [0.25, 0.3) is 0 Å². The fourth-order valence-corrected chi connectivity index (χ4v) is 2.72. The van der Waals surface area contributed by atoms with Crippen LogP contribution in [-0.2, 0) is 11.2 Å². The number of imidazole rings is 1. The normalized spacial score (nSPS) is 19.1. The molecule has 1 aromatic heterocycles. The largest absolute Gasteiger partial charge is 0.478 e. The molecular formula is C14H16N2O3. The van der Waals surface area contributed by atoms with Crippen LogP contribution in [0.1, 0.15) is 35.6 Å². The van der Waals surface area contributed by atoms with Gasteiger partial charge in [-0.2, -0.15) is 0 Å². The van der Waals surface area contributed by atoms with Crippen LogP contribution in [0.15, 0.2) is 18.2 Å². The van der Waals surface area contributed by atoms with E-state index in [-0.39, 0.29) is 11.6 Å². The van der Waals surface area contributed by atoms with Crippen molar-refractivity contribution in [3.63, 3.8) is 0 Å². The van der Waals surface area contributed by atoms with Gasteiger partial charge >= 0.3 is 5.97 Å². The molecule has 100 valence electrons. The second-order valence-electron chi connectivity index (χ2n) is 4.75. The number of hydrogen-bond donors (Lipinski definition) is 1. The van der Waals surface area contributed by atoms with Gasteiger partial charge in [-0.15, -0.1) is 0 Å². The summed E-state index contributed by atoms with van der Waals surface area (Å²) in [5.74, 6) is -0.000208. The van der Waals surface area contributed by atoms with Crippen molar-refractivity contribution < 1.29 is 14.6 Å². The van der Waals surface area contributed by atoms with Gasteiger partial charge in [-0.05, 0) is 18.6 Å². The number of aromatic nitrogens is 2. The predicted molar refractivity (Wildman–Crippen MR) is 70.5 cm³/mol. The quantitative estimate of drug-likeness (QED) is 0.919. The molecule has 1 atom stereocenters. The Kier molecular flexibility index (Phi) is 2.98. The zero-order valence-electron chi connectivity index (χ0n) is 10.8. The Morgan fingerprint density at radius 1 is 1.58 bits per heavy atom. The van der Waals surface area contributed by atoms with Gasteiger partial charge in [-0.1, -0.05) is 13.0 Å². The van der Waals surface area contributed by atoms with Crippen LogP contribution in [0.2, 0.25) is 0 Å². The summed E-state index contributed by atoms with van der Waals surface area (Å²) in [4.78, 5) is 15.8. The van der Waals surface area contributed by atoms with Gasteiger partial charge in [0.1, 0.15) is 11.3 Å². The highest BCUT2D eigenvalue weighted by Crippen LogP contribution is 2.28. The average Bonchev–Trinajstić information content (AvgIpc) is 3.03. The van der Waals surface area contributed by atoms with Crippen LogP contribution in [-0.4, -0.2) is 33.8 Å². The Morgan fingerprint density at radius 2 is 2.42 bits per heavy atom. The molecule has 1 aliphatic rings. The van der Waals surface area contributed by atoms with E-state index in [0.29, 0.717) is 12.1 Å². The third-order valence-electron chi connectivity index (χ3n) is 3.61. The maximum absolute atomic E-state index is 11.3. The number of hydrogen-bond acceptors (Lipinski definition) is 3. The Bertz CT molecular complexity index is 627. The van der Waals surface area contributed by atoms with Crippen molar-refractivity contribution >= 4 is 17.0 Å². The molecular weight excluding hydrogens is 244 g/mol. The molecule has 1 unspecified atom stereocenters. The van der Waals surface area contributed by atoms with Gasteiger partial charge in [0.05, 0.1) is 23.7 Å². The van der Waals surface area contributed by atoms with Crippen molar-refractivity contribution in [2.75, 3.05) is 13.2 Å². The van der Waals surface area contributed by atoms with E-state index in [4.69, 9.17) is 4.74 Å². The zero-order chi connectivity index (χ0) is 13.4. The van der Waals surface area contributed by atoms with Crippen molar-refractivity contribution in [2.45, 2.75) is 25.8 Å². The first-order valence-corrected chi connectivity index (χ1v) is 6.53. The summed E-state index contributed by atoms with van der Waals surface area (Å²) in [7, 11) is 0. The minimum atomic E-state index is -0.930. The van der Waals surface area contributed by atoms with Crippen LogP contribution in [0.25, 0.3) is 11.0 Å². The van der Waals surface area contributed by atoms with Crippen LogP contribution in [0.4, 0.5) is 0 Å². The summed E-state index contributed by atoms with van der Waals surface area (Å²) in [5, 5.41) is 9.25. The molecule has 1 aromatic carbocycles. The van der Waals surface area contributed by atoms with Crippen LogP contribution in [0.3, 0.4) is 0 Å². The van der Waals surface area contributed by atoms with Crippen LogP contribution >= 0.6 is 0 Å². The molecule has 2 aromatic rings. The number of carboxylic acids is 1. The van der Waals surface area contributed by atoms with Gasteiger partial charge in [-0.25, -0.2) is 9.78 Å². The van der Waals surface area contributed by atoms with Gasteiger partial charge in [0.15, 0.2) is 0 Å². The minimum absolute atomic E-state index is 0.268. The lowest BCUT2D eigenvalue weighted by Gasteiger charge is -2.14. The van der Waals surface area contributed by atoms with Gasteiger partial charge in [0, 0.05) is 13.0 Å². The fraction of sp³-hybridized carbons (Fsp3) is 0.429. The molecule has 1 fully saturated rings. The monoisotopic (exact) mass is 260 g/mol. The van der Waals surface area contributed by atoms with Crippen molar-refractivity contribution in [3.05, 3.63) is 29.6 Å². The number of carboxylic acid groups (broad SMARTS) is 1. The second kappa shape index (κ2) is 4.66. The van der Waals surface area contributed by atoms with Gasteiger partial charge in [-0.3, -0.25) is 0 Å². The standard InChI is InChI=1S/C14H16N2O3/c1-2-12-15-13-10(14(17)18)4-3-5-11(13)16(12)9-6-7-19-8-9/h3-5,9H,2,6-8H2,1H3,(H,17,18). The predicted octanol–water partition coefficient (Wildman–Crippen LogP) is 2.26. The van der Waals surface area contributed by atoms with Crippen molar-refractivity contribution in [1.29, 1.82) is 0 Å². The first-order chi connectivity index (χ1) is 9.22. The van der Waals surface area contributed by atoms with E-state index in [2.05, 4.69) is 9.55 Å². The van der Waals surface area contributed by atoms with E-state index < -0.39 is 5.97 Å². The van der Waals surface area contributed by atoms with Crippen LogP contribution in [0.5, 0.6) is 0 Å². The molecule has 0 saturated carbocycles. The highest BCUT2D eigenvalue weighted by molar-refractivity contribution is 6.01. The molecule has 1 saturated heterocycles. The Morgan fingerprint density at radius 3 is 3.05 bits per heavy atom. The lowest BCUT2D eigenvalue weighted by molar-refractivity contribution is 0.0699. The van der Waals surface area contributed by atoms with Crippen molar-refractivity contribution in [3.8, 4) is 0 Å². The summed E-state index contributed by atoms with van der Waals surface area (Å²) < 4.78 is 7.59. The third kappa shape index (κ3) is 1.90. The minimum Gasteiger partial charge on any atom is -0.478 e. The Balaban J connectivity index is 2.24. The van der Waals surface area contributed by atoms with Crippen molar-refractivity contribution in [2.24, 2.45) is 0 Å². The van der Waals surface area contributed by atoms with E-state index in [9.17, 15) is 9.90 Å². The first-order valence-electron chi connectivity index (χ1n) is 6.53. The van der Waals surface area contributed by atoms with Gasteiger partial charge < -0.3 is 14.4 Å². The molecule has 1 aliphatic heterocycles. The number of carbonyl (C=O) groups is 1. The molecule has 0 amide bonds. The lowest BCUT2D eigenvalue weighted by atomic mass is 10.1. The maximum Gasteiger partial charge on any atom is 0.337 e. The first kappa shape index (κ1) is 12.2. The third-order valence-corrected chi connectivity index (χ3v) is 3.61. The maximum atomic E-state index is 11.3. The number of fused-ring (bicyclic) bond motifs is 1. The summed E-state index contributed by atoms with van der Waals surface area (Å²) >= 11 is 0. The van der Waals surface area contributed by atoms with E-state index in [1.54, 1.807) is 12.1 Å². The number of aryl methyl sites for hydroxylation is 1. The number of ether oxygens (including phenoxy) is 1. The lowest BCUT2D eigenvalue weighted by Crippen LogP contribution is -2.11. The Labute approximate surface area is 110 Å². The van der Waals surface area contributed by atoms with E-state index in [0.717, 1.165) is 30.8 Å². The summed E-state index contributed by atoms with van der Waals surface area (Å²) in [6, 6.07) is 5.59. The molecule has 0 radical (unpaired) electrons. The van der Waals surface area contributed by atoms with E-state index >= 15 is 0 Å². The number of aromatic carboxylic acids is 1. The number of nitrogens with zero attached hydrogens (tertiary/aromatic N) is 2. The summed E-state index contributed by atoms with van der Waals surface area (Å²) in [6.45, 7) is 3.47. The number of benzene rings is 1. The molecule has 0 bridgehead atoms. The molecule has 0 spiro atoms.